The molecule has 8 aromatic rings. The molecule has 294 valence electrons. The first kappa shape index (κ1) is 36.1. The summed E-state index contributed by atoms with van der Waals surface area (Å²) in [5, 5.41) is 2.66. The van der Waals surface area contributed by atoms with Gasteiger partial charge in [0.1, 0.15) is 0 Å². The van der Waals surface area contributed by atoms with E-state index in [0.717, 1.165) is 17.1 Å². The van der Waals surface area contributed by atoms with Crippen molar-refractivity contribution < 1.29 is 0 Å². The minimum atomic E-state index is -0.0256. The van der Waals surface area contributed by atoms with Crippen molar-refractivity contribution in [2.45, 2.75) is 83.6 Å². The quantitative estimate of drug-likeness (QED) is 0.164. The average Bonchev–Trinajstić information content (AvgIpc) is 3.72. The van der Waals surface area contributed by atoms with Crippen molar-refractivity contribution in [1.82, 2.24) is 0 Å². The van der Waals surface area contributed by atoms with Gasteiger partial charge >= 0.3 is 0 Å². The summed E-state index contributed by atoms with van der Waals surface area (Å²) in [5.41, 5.74) is 18.7. The Bertz CT molecular complexity index is 3020. The van der Waals surface area contributed by atoms with E-state index in [1.54, 1.807) is 5.56 Å². The van der Waals surface area contributed by atoms with Crippen LogP contribution in [-0.4, -0.2) is 12.3 Å². The summed E-state index contributed by atoms with van der Waals surface area (Å²) in [5.74, 6) is 0. The predicted molar refractivity (Wildman–Crippen MR) is 260 cm³/mol. The Hall–Kier alpha value is -5.78. The molecule has 5 heteroatoms. The largest absolute Gasteiger partial charge is 0.335 e. The van der Waals surface area contributed by atoms with E-state index < -0.39 is 0 Å². The van der Waals surface area contributed by atoms with Crippen LogP contribution in [0.15, 0.2) is 146 Å². The lowest BCUT2D eigenvalue weighted by atomic mass is 9.33. The maximum atomic E-state index is 2.87. The van der Waals surface area contributed by atoms with Crippen LogP contribution in [0.5, 0.6) is 0 Å². The van der Waals surface area contributed by atoms with Crippen molar-refractivity contribution >= 4 is 100 Å². The number of aryl methyl sites for hydroxylation is 1. The molecule has 0 spiro atoms. The van der Waals surface area contributed by atoms with Gasteiger partial charge < -0.3 is 14.7 Å². The molecule has 1 saturated carbocycles. The molecule has 0 amide bonds. The second kappa shape index (κ2) is 12.6. The summed E-state index contributed by atoms with van der Waals surface area (Å²) in [4.78, 5) is 7.90. The summed E-state index contributed by atoms with van der Waals surface area (Å²) in [6.07, 6.45) is 4.95. The highest BCUT2D eigenvalue weighted by Gasteiger charge is 2.61. The highest BCUT2D eigenvalue weighted by molar-refractivity contribution is 7.25. The molecular formula is C55H50BN3S. The number of nitrogens with zero attached hydrogens (tertiary/aromatic N) is 3. The smallest absolute Gasteiger partial charge is 0.252 e. The van der Waals surface area contributed by atoms with Crippen LogP contribution < -0.4 is 31.1 Å². The van der Waals surface area contributed by atoms with Crippen molar-refractivity contribution in [3.8, 4) is 0 Å². The van der Waals surface area contributed by atoms with Gasteiger partial charge in [0.2, 0.25) is 0 Å². The fourth-order valence-corrected chi connectivity index (χ4v) is 12.9. The Morgan fingerprint density at radius 3 is 2.05 bits per heavy atom. The summed E-state index contributed by atoms with van der Waals surface area (Å²) in [6, 6.07) is 55.4. The highest BCUT2D eigenvalue weighted by Crippen LogP contribution is 2.62. The number of hydrogen-bond acceptors (Lipinski definition) is 4. The first-order chi connectivity index (χ1) is 29.0. The van der Waals surface area contributed by atoms with Crippen LogP contribution in [-0.2, 0) is 10.8 Å². The molecule has 0 bridgehead atoms. The van der Waals surface area contributed by atoms with Gasteiger partial charge in [-0.05, 0) is 132 Å². The van der Waals surface area contributed by atoms with Gasteiger partial charge in [0.05, 0.1) is 5.54 Å². The maximum absolute atomic E-state index is 2.87. The Morgan fingerprint density at radius 1 is 0.617 bits per heavy atom. The molecule has 4 heterocycles. The first-order valence-corrected chi connectivity index (χ1v) is 22.7. The van der Waals surface area contributed by atoms with Crippen molar-refractivity contribution in [2.24, 2.45) is 0 Å². The fourth-order valence-electron chi connectivity index (χ4n) is 11.8. The van der Waals surface area contributed by atoms with E-state index in [2.05, 4.69) is 202 Å². The van der Waals surface area contributed by atoms with Crippen LogP contribution >= 0.6 is 11.3 Å². The van der Waals surface area contributed by atoms with Crippen molar-refractivity contribution in [1.29, 1.82) is 0 Å². The number of fused-ring (bicyclic) bond motifs is 10. The summed E-state index contributed by atoms with van der Waals surface area (Å²) in [6.45, 7) is 14.8. The molecule has 3 nitrogen and oxygen atoms in total. The third kappa shape index (κ3) is 4.90. The molecule has 1 aromatic heterocycles. The van der Waals surface area contributed by atoms with Crippen molar-refractivity contribution in [2.75, 3.05) is 14.7 Å². The average molecular weight is 796 g/mol. The molecule has 0 radical (unpaired) electrons. The van der Waals surface area contributed by atoms with E-state index in [-0.39, 0.29) is 23.1 Å². The summed E-state index contributed by atoms with van der Waals surface area (Å²) < 4.78 is 2.65. The third-order valence-electron chi connectivity index (χ3n) is 14.9. The lowest BCUT2D eigenvalue weighted by Gasteiger charge is -2.52. The Labute approximate surface area is 359 Å². The maximum Gasteiger partial charge on any atom is 0.252 e. The zero-order valence-corrected chi connectivity index (χ0v) is 36.3. The van der Waals surface area contributed by atoms with Crippen molar-refractivity contribution in [3.63, 3.8) is 0 Å². The predicted octanol–water partition coefficient (Wildman–Crippen LogP) is 13.5. The molecule has 1 fully saturated rings. The second-order valence-electron chi connectivity index (χ2n) is 19.4. The number of para-hydroxylation sites is 2. The van der Waals surface area contributed by atoms with Crippen LogP contribution in [0.1, 0.15) is 77.0 Å². The number of anilines is 8. The van der Waals surface area contributed by atoms with Gasteiger partial charge in [0.15, 0.2) is 0 Å². The zero-order chi connectivity index (χ0) is 40.7. The molecule has 0 saturated heterocycles. The molecule has 7 aromatic carbocycles. The standard InChI is InChI=1S/C55H50BN3S/c1-35-29-47-51-48(30-35)59-52-43(54(5)27-15-16-28-55(54,59)6)31-36(53(2,3)4)32-45(52)56(51)44-26-24-39(57(37-17-9-7-10-18-37)38-19-11-8-12-20-38)33-46(44)58(47)40-23-25-42-41-21-13-14-22-49(41)60-50(42)34-40/h7-14,17-26,29-34H,15-16,27-28H2,1-6H3. The number of rotatable bonds is 4. The molecule has 2 atom stereocenters. The Morgan fingerprint density at radius 2 is 1.30 bits per heavy atom. The molecule has 3 aliphatic heterocycles. The van der Waals surface area contributed by atoms with E-state index in [1.807, 2.05) is 11.3 Å². The van der Waals surface area contributed by atoms with Crippen LogP contribution in [0.3, 0.4) is 0 Å². The molecule has 2 unspecified atom stereocenters. The normalized spacial score (nSPS) is 19.9. The number of hydrogen-bond donors (Lipinski definition) is 0. The number of thiophene rings is 1. The minimum Gasteiger partial charge on any atom is -0.335 e. The zero-order valence-electron chi connectivity index (χ0n) is 35.5. The molecule has 1 aliphatic carbocycles. The van der Waals surface area contributed by atoms with Gasteiger partial charge in [-0.15, -0.1) is 11.3 Å². The van der Waals surface area contributed by atoms with Crippen LogP contribution in [0.4, 0.5) is 45.5 Å². The topological polar surface area (TPSA) is 9.72 Å². The molecule has 60 heavy (non-hydrogen) atoms. The summed E-state index contributed by atoms with van der Waals surface area (Å²) >= 11 is 1.90. The van der Waals surface area contributed by atoms with E-state index in [0.29, 0.717) is 0 Å². The minimum absolute atomic E-state index is 0.00960. The van der Waals surface area contributed by atoms with E-state index in [4.69, 9.17) is 0 Å². The van der Waals surface area contributed by atoms with Gasteiger partial charge in [0, 0.05) is 71.1 Å². The van der Waals surface area contributed by atoms with Crippen molar-refractivity contribution in [3.05, 3.63) is 162 Å². The third-order valence-corrected chi connectivity index (χ3v) is 16.1. The van der Waals surface area contributed by atoms with Crippen LogP contribution in [0.2, 0.25) is 0 Å². The van der Waals surface area contributed by atoms with Gasteiger partial charge in [-0.3, -0.25) is 0 Å². The van der Waals surface area contributed by atoms with Gasteiger partial charge in [0.25, 0.3) is 6.71 Å². The van der Waals surface area contributed by atoms with E-state index in [1.165, 1.54) is 102 Å². The number of benzene rings is 7. The van der Waals surface area contributed by atoms with Crippen LogP contribution in [0.25, 0.3) is 20.2 Å². The van der Waals surface area contributed by atoms with Gasteiger partial charge in [-0.2, -0.15) is 0 Å². The van der Waals surface area contributed by atoms with Gasteiger partial charge in [-0.25, -0.2) is 0 Å². The lowest BCUT2D eigenvalue weighted by molar-refractivity contribution is 0.195. The summed E-state index contributed by atoms with van der Waals surface area (Å²) in [7, 11) is 0. The van der Waals surface area contributed by atoms with Crippen LogP contribution in [0, 0.1) is 6.92 Å². The lowest BCUT2D eigenvalue weighted by Crippen LogP contribution is -2.64. The molecule has 4 aliphatic rings. The van der Waals surface area contributed by atoms with E-state index >= 15 is 0 Å². The first-order valence-electron chi connectivity index (χ1n) is 21.9. The second-order valence-corrected chi connectivity index (χ2v) is 20.5. The fraction of sp³-hybridized carbons (Fsp3) is 0.236. The van der Waals surface area contributed by atoms with Gasteiger partial charge in [-0.1, -0.05) is 119 Å². The molecule has 12 rings (SSSR count). The Kier molecular flexibility index (Phi) is 7.60. The van der Waals surface area contributed by atoms with E-state index in [9.17, 15) is 0 Å². The molecule has 0 N–H and O–H groups in total. The highest BCUT2D eigenvalue weighted by atomic mass is 32.1. The molecular weight excluding hydrogens is 746 g/mol. The monoisotopic (exact) mass is 795 g/mol. The SMILES string of the molecule is Cc1cc2c3c(c1)N1c4c(cc(C(C)(C)C)cc4C4(C)CCCCC14C)B3c1ccc(N(c3ccccc3)c3ccccc3)cc1N2c1ccc2c(c1)sc1ccccc12. The Balaban J connectivity index is 1.18.